The van der Waals surface area contributed by atoms with E-state index in [1.807, 2.05) is 0 Å². The molecule has 1 aliphatic heterocycles. The molecular formula is C11H11Cl2F2N3O2S. The van der Waals surface area contributed by atoms with Crippen LogP contribution in [0.2, 0.25) is 0 Å². The molecule has 0 aliphatic carbocycles. The average molecular weight is 358 g/mol. The maximum Gasteiger partial charge on any atom is 0.370 e. The Morgan fingerprint density at radius 1 is 1.38 bits per heavy atom. The van der Waals surface area contributed by atoms with Crippen molar-refractivity contribution in [2.45, 2.75) is 10.3 Å². The van der Waals surface area contributed by atoms with Crippen molar-refractivity contribution in [1.29, 1.82) is 0 Å². The van der Waals surface area contributed by atoms with E-state index in [-0.39, 0.29) is 11.8 Å². The van der Waals surface area contributed by atoms with Crippen LogP contribution in [0, 0.1) is 5.82 Å². The molecule has 1 unspecified atom stereocenters. The van der Waals surface area contributed by atoms with Gasteiger partial charge in [0.1, 0.15) is 12.0 Å². The van der Waals surface area contributed by atoms with Crippen LogP contribution in [0.15, 0.2) is 24.3 Å². The molecule has 1 aliphatic rings. The summed E-state index contributed by atoms with van der Waals surface area (Å²) in [7, 11) is 1.41. The van der Waals surface area contributed by atoms with Gasteiger partial charge in [-0.25, -0.2) is 9.18 Å². The van der Waals surface area contributed by atoms with Crippen molar-refractivity contribution in [2.75, 3.05) is 18.6 Å². The number of urea groups is 1. The number of hydrazine groups is 1. The van der Waals surface area contributed by atoms with Crippen LogP contribution in [0.5, 0.6) is 0 Å². The second-order valence-electron chi connectivity index (χ2n) is 3.99. The van der Waals surface area contributed by atoms with E-state index in [0.29, 0.717) is 5.69 Å². The van der Waals surface area contributed by atoms with Crippen molar-refractivity contribution >= 4 is 46.9 Å². The summed E-state index contributed by atoms with van der Waals surface area (Å²) in [5.74, 6) is -0.460. The number of ether oxygens (including phenoxy) is 1. The van der Waals surface area contributed by atoms with E-state index >= 15 is 0 Å². The molecule has 116 valence electrons. The Labute approximate surface area is 134 Å². The quantitative estimate of drug-likeness (QED) is 0.458. The molecular weight excluding hydrogens is 347 g/mol. The standard InChI is InChI=1S/C11H11Cl2F2N3O2S/c1-20-6-9-16(8-4-2-7(14)3-5-8)11(19)17(15)18(9)21-10(12)13/h2-5,9-10H,6H2,1H3. The number of nitrogens with zero attached hydrogens (tertiary/aromatic N) is 3. The normalized spacial score (nSPS) is 19.9. The minimum absolute atomic E-state index is 0.0109. The summed E-state index contributed by atoms with van der Waals surface area (Å²) in [5.41, 5.74) is 0.329. The molecule has 2 amide bonds. The highest BCUT2D eigenvalue weighted by Crippen LogP contribution is 2.37. The summed E-state index contributed by atoms with van der Waals surface area (Å²) in [5, 5.41) is -0.102. The highest BCUT2D eigenvalue weighted by Gasteiger charge is 2.47. The lowest BCUT2D eigenvalue weighted by molar-refractivity contribution is -0.0555. The Kier molecular flexibility index (Phi) is 5.50. The van der Waals surface area contributed by atoms with Gasteiger partial charge < -0.3 is 4.74 Å². The van der Waals surface area contributed by atoms with Gasteiger partial charge in [0.15, 0.2) is 4.17 Å². The van der Waals surface area contributed by atoms with Crippen molar-refractivity contribution in [2.24, 2.45) is 0 Å². The van der Waals surface area contributed by atoms with Gasteiger partial charge in [-0.1, -0.05) is 32.9 Å². The smallest absolute Gasteiger partial charge is 0.370 e. The predicted molar refractivity (Wildman–Crippen MR) is 77.8 cm³/mol. The number of hydrogen-bond acceptors (Lipinski definition) is 4. The van der Waals surface area contributed by atoms with Gasteiger partial charge in [0.05, 0.1) is 6.61 Å². The number of methoxy groups -OCH3 is 1. The first-order chi connectivity index (χ1) is 9.95. The molecule has 1 aromatic rings. The Hall–Kier alpha value is -0.800. The molecule has 0 radical (unpaired) electrons. The van der Waals surface area contributed by atoms with E-state index in [9.17, 15) is 13.7 Å². The summed E-state index contributed by atoms with van der Waals surface area (Å²) in [4.78, 5) is 13.2. The lowest BCUT2D eigenvalue weighted by Crippen LogP contribution is -2.41. The zero-order valence-electron chi connectivity index (χ0n) is 10.7. The van der Waals surface area contributed by atoms with Crippen LogP contribution in [-0.4, -0.2) is 39.7 Å². The minimum atomic E-state index is -0.969. The molecule has 1 atom stereocenters. The van der Waals surface area contributed by atoms with Crippen LogP contribution in [0.4, 0.5) is 19.4 Å². The van der Waals surface area contributed by atoms with Crippen LogP contribution >= 0.6 is 35.1 Å². The van der Waals surface area contributed by atoms with E-state index in [1.54, 1.807) is 0 Å². The number of alkyl halides is 2. The number of benzene rings is 1. The van der Waals surface area contributed by atoms with Gasteiger partial charge in [-0.2, -0.15) is 0 Å². The Bertz CT molecular complexity index is 509. The molecule has 10 heteroatoms. The monoisotopic (exact) mass is 357 g/mol. The van der Waals surface area contributed by atoms with Crippen LogP contribution in [0.3, 0.4) is 0 Å². The first-order valence-electron chi connectivity index (χ1n) is 5.73. The first-order valence-corrected chi connectivity index (χ1v) is 7.44. The third-order valence-corrected chi connectivity index (χ3v) is 3.94. The van der Waals surface area contributed by atoms with Crippen molar-refractivity contribution in [3.63, 3.8) is 0 Å². The summed E-state index contributed by atoms with van der Waals surface area (Å²) in [6.45, 7) is 0.0109. The van der Waals surface area contributed by atoms with Gasteiger partial charge in [-0.05, 0) is 36.2 Å². The first kappa shape index (κ1) is 16.6. The van der Waals surface area contributed by atoms with Gasteiger partial charge in [-0.15, -0.1) is 4.41 Å². The Morgan fingerprint density at radius 2 is 2.00 bits per heavy atom. The zero-order valence-corrected chi connectivity index (χ0v) is 13.1. The summed E-state index contributed by atoms with van der Waals surface area (Å²) in [6, 6.07) is 4.16. The van der Waals surface area contributed by atoms with E-state index in [0.717, 1.165) is 21.3 Å². The summed E-state index contributed by atoms with van der Waals surface area (Å²) >= 11 is 12.0. The maximum absolute atomic E-state index is 14.0. The fourth-order valence-corrected chi connectivity index (χ4v) is 2.98. The van der Waals surface area contributed by atoms with Crippen molar-refractivity contribution in [3.8, 4) is 0 Å². The zero-order chi connectivity index (χ0) is 15.6. The number of carbonyl (C=O) groups is 1. The van der Waals surface area contributed by atoms with E-state index in [2.05, 4.69) is 0 Å². The Balaban J connectivity index is 2.33. The topological polar surface area (TPSA) is 36.0 Å². The van der Waals surface area contributed by atoms with E-state index in [4.69, 9.17) is 27.9 Å². The van der Waals surface area contributed by atoms with Crippen molar-refractivity contribution in [3.05, 3.63) is 30.1 Å². The number of carbonyl (C=O) groups excluding carboxylic acids is 1. The molecule has 0 N–H and O–H groups in total. The molecule has 0 spiro atoms. The molecule has 1 aromatic carbocycles. The fourth-order valence-electron chi connectivity index (χ4n) is 1.88. The number of hydrogen-bond donors (Lipinski definition) is 0. The van der Waals surface area contributed by atoms with E-state index < -0.39 is 22.2 Å². The highest BCUT2D eigenvalue weighted by atomic mass is 35.5. The second-order valence-corrected chi connectivity index (χ2v) is 6.66. The van der Waals surface area contributed by atoms with Crippen molar-refractivity contribution in [1.82, 2.24) is 9.65 Å². The molecule has 1 fully saturated rings. The highest BCUT2D eigenvalue weighted by molar-refractivity contribution is 8.00. The molecule has 2 rings (SSSR count). The number of halogens is 4. The third-order valence-electron chi connectivity index (χ3n) is 2.70. The third kappa shape index (κ3) is 3.51. The molecule has 0 saturated carbocycles. The molecule has 1 heterocycles. The predicted octanol–water partition coefficient (Wildman–Crippen LogP) is 3.55. The van der Waals surface area contributed by atoms with Crippen LogP contribution in [0.25, 0.3) is 0 Å². The van der Waals surface area contributed by atoms with Gasteiger partial charge in [0.25, 0.3) is 0 Å². The minimum Gasteiger partial charge on any atom is -0.381 e. The molecule has 0 bridgehead atoms. The average Bonchev–Trinajstić information content (AvgIpc) is 2.65. The number of rotatable bonds is 5. The fraction of sp³-hybridized carbons (Fsp3) is 0.364. The van der Waals surface area contributed by atoms with E-state index in [1.165, 1.54) is 31.4 Å². The summed E-state index contributed by atoms with van der Waals surface area (Å²) in [6.07, 6.45) is -0.803. The van der Waals surface area contributed by atoms with Crippen molar-refractivity contribution < 1.29 is 18.4 Å². The molecule has 0 aromatic heterocycles. The van der Waals surface area contributed by atoms with Crippen LogP contribution in [0.1, 0.15) is 0 Å². The van der Waals surface area contributed by atoms with Gasteiger partial charge in [-0.3, -0.25) is 4.90 Å². The Morgan fingerprint density at radius 3 is 2.52 bits per heavy atom. The number of amides is 2. The summed E-state index contributed by atoms with van der Waals surface area (Å²) < 4.78 is 32.0. The number of anilines is 1. The lowest BCUT2D eigenvalue weighted by atomic mass is 10.2. The maximum atomic E-state index is 14.0. The van der Waals surface area contributed by atoms with Gasteiger partial charge in [0.2, 0.25) is 0 Å². The van der Waals surface area contributed by atoms with Gasteiger partial charge in [0, 0.05) is 12.8 Å². The van der Waals surface area contributed by atoms with Gasteiger partial charge >= 0.3 is 6.03 Å². The molecule has 21 heavy (non-hydrogen) atoms. The SMILES string of the molecule is COCC1N(c2ccc(F)cc2)C(=O)N(F)N1SC(Cl)Cl. The lowest BCUT2D eigenvalue weighted by Gasteiger charge is -2.26. The second kappa shape index (κ2) is 6.97. The largest absolute Gasteiger partial charge is 0.381 e. The molecule has 1 saturated heterocycles. The van der Waals surface area contributed by atoms with Crippen LogP contribution < -0.4 is 4.90 Å². The molecule has 5 nitrogen and oxygen atoms in total. The van der Waals surface area contributed by atoms with Crippen LogP contribution in [-0.2, 0) is 4.74 Å².